The lowest BCUT2D eigenvalue weighted by Gasteiger charge is -2.31. The van der Waals surface area contributed by atoms with E-state index in [0.29, 0.717) is 11.8 Å². The van der Waals surface area contributed by atoms with E-state index in [1.54, 1.807) is 24.3 Å². The molecule has 7 heteroatoms. The maximum absolute atomic E-state index is 13.4. The third kappa shape index (κ3) is 3.93. The number of anilines is 1. The molecule has 6 nitrogen and oxygen atoms in total. The van der Waals surface area contributed by atoms with Gasteiger partial charge in [-0.1, -0.05) is 35.9 Å². The summed E-state index contributed by atoms with van der Waals surface area (Å²) < 4.78 is 32.9. The summed E-state index contributed by atoms with van der Waals surface area (Å²) in [5, 5.41) is 0.000143. The van der Waals surface area contributed by atoms with Crippen LogP contribution in [0.15, 0.2) is 68.9 Å². The monoisotopic (exact) mass is 412 g/mol. The largest absolute Gasteiger partial charge is 0.419 e. The van der Waals surface area contributed by atoms with Crippen LogP contribution < -0.4 is 9.80 Å². The summed E-state index contributed by atoms with van der Waals surface area (Å²) in [4.78, 5) is 8.21. The SMILES string of the molecule is CC[NH+]1CCN(c2oc(-c3ccccc3)nc2S(=O)(=O)c2ccc(C)cc2)CC1. The van der Waals surface area contributed by atoms with Crippen LogP contribution in [-0.4, -0.2) is 46.1 Å². The van der Waals surface area contributed by atoms with Gasteiger partial charge in [-0.25, -0.2) is 8.42 Å². The average molecular weight is 413 g/mol. The molecule has 1 saturated heterocycles. The van der Waals surface area contributed by atoms with Crippen molar-refractivity contribution < 1.29 is 17.7 Å². The van der Waals surface area contributed by atoms with Gasteiger partial charge in [-0.15, -0.1) is 0 Å². The van der Waals surface area contributed by atoms with Gasteiger partial charge in [-0.2, -0.15) is 4.98 Å². The number of aromatic nitrogens is 1. The van der Waals surface area contributed by atoms with E-state index >= 15 is 0 Å². The standard InChI is InChI=1S/C22H25N3O3S/c1-3-24-13-15-25(16-14-24)22-21(23-20(28-22)18-7-5-4-6-8-18)29(26,27)19-11-9-17(2)10-12-19/h4-12H,3,13-16H2,1-2H3/p+1. The molecular formula is C22H26N3O3S+. The van der Waals surface area contributed by atoms with Crippen molar-refractivity contribution >= 4 is 15.7 Å². The number of hydrogen-bond donors (Lipinski definition) is 1. The van der Waals surface area contributed by atoms with Crippen LogP contribution in [0.5, 0.6) is 0 Å². The van der Waals surface area contributed by atoms with Gasteiger partial charge in [0.1, 0.15) is 0 Å². The van der Waals surface area contributed by atoms with Crippen molar-refractivity contribution in [3.05, 3.63) is 60.2 Å². The first-order chi connectivity index (χ1) is 14.0. The Balaban J connectivity index is 1.79. The predicted octanol–water partition coefficient (Wildman–Crippen LogP) is 2.21. The van der Waals surface area contributed by atoms with Gasteiger partial charge >= 0.3 is 0 Å². The highest BCUT2D eigenvalue weighted by molar-refractivity contribution is 7.91. The van der Waals surface area contributed by atoms with E-state index in [1.807, 2.05) is 42.2 Å². The molecule has 4 rings (SSSR count). The Bertz CT molecular complexity index is 1070. The highest BCUT2D eigenvalue weighted by atomic mass is 32.2. The summed E-state index contributed by atoms with van der Waals surface area (Å²) >= 11 is 0. The number of rotatable bonds is 5. The van der Waals surface area contributed by atoms with Crippen LogP contribution in [-0.2, 0) is 9.84 Å². The lowest BCUT2D eigenvalue weighted by molar-refractivity contribution is -0.898. The Morgan fingerprint density at radius 1 is 1.03 bits per heavy atom. The van der Waals surface area contributed by atoms with Crippen molar-refractivity contribution in [1.29, 1.82) is 0 Å². The molecule has 1 aliphatic rings. The average Bonchev–Trinajstić information content (AvgIpc) is 3.21. The van der Waals surface area contributed by atoms with Gasteiger partial charge in [0.05, 0.1) is 37.6 Å². The fourth-order valence-electron chi connectivity index (χ4n) is 3.59. The molecule has 1 N–H and O–H groups in total. The number of quaternary nitrogens is 1. The van der Waals surface area contributed by atoms with E-state index in [-0.39, 0.29) is 9.92 Å². The van der Waals surface area contributed by atoms with Crippen molar-refractivity contribution in [1.82, 2.24) is 4.98 Å². The first-order valence-corrected chi connectivity index (χ1v) is 11.4. The van der Waals surface area contributed by atoms with Crippen LogP contribution in [0.1, 0.15) is 12.5 Å². The molecule has 0 unspecified atom stereocenters. The zero-order valence-corrected chi connectivity index (χ0v) is 17.6. The normalized spacial score (nSPS) is 15.6. The molecule has 152 valence electrons. The molecule has 0 spiro atoms. The minimum Gasteiger partial charge on any atom is -0.419 e. The number of aryl methyl sites for hydroxylation is 1. The fraction of sp³-hybridized carbons (Fsp3) is 0.318. The van der Waals surface area contributed by atoms with Crippen LogP contribution in [0.25, 0.3) is 11.5 Å². The summed E-state index contributed by atoms with van der Waals surface area (Å²) in [5.41, 5.74) is 1.77. The Labute approximate surface area is 171 Å². The zero-order valence-electron chi connectivity index (χ0n) is 16.8. The van der Waals surface area contributed by atoms with Gasteiger partial charge in [0.15, 0.2) is 0 Å². The number of oxazole rings is 1. The Morgan fingerprint density at radius 2 is 1.69 bits per heavy atom. The molecule has 3 aromatic rings. The third-order valence-corrected chi connectivity index (χ3v) is 7.11. The second kappa shape index (κ2) is 8.00. The van der Waals surface area contributed by atoms with Gasteiger partial charge in [0.2, 0.25) is 26.6 Å². The second-order valence-corrected chi connectivity index (χ2v) is 9.27. The Hall–Kier alpha value is -2.64. The summed E-state index contributed by atoms with van der Waals surface area (Å²) in [7, 11) is -3.80. The van der Waals surface area contributed by atoms with Crippen LogP contribution >= 0.6 is 0 Å². The molecule has 2 aromatic carbocycles. The van der Waals surface area contributed by atoms with Crippen LogP contribution in [0.2, 0.25) is 0 Å². The number of sulfone groups is 1. The molecule has 1 aliphatic heterocycles. The van der Waals surface area contributed by atoms with Crippen molar-refractivity contribution in [2.24, 2.45) is 0 Å². The summed E-state index contributed by atoms with van der Waals surface area (Å²) in [6.07, 6.45) is 0. The number of nitrogens with one attached hydrogen (secondary N) is 1. The van der Waals surface area contributed by atoms with Crippen LogP contribution in [0.4, 0.5) is 5.88 Å². The van der Waals surface area contributed by atoms with Crippen LogP contribution in [0, 0.1) is 6.92 Å². The first-order valence-electron chi connectivity index (χ1n) is 9.95. The van der Waals surface area contributed by atoms with E-state index in [2.05, 4.69) is 11.9 Å². The second-order valence-electron chi connectivity index (χ2n) is 7.40. The van der Waals surface area contributed by atoms with E-state index < -0.39 is 9.84 Å². The van der Waals surface area contributed by atoms with Crippen LogP contribution in [0.3, 0.4) is 0 Å². The van der Waals surface area contributed by atoms with Crippen molar-refractivity contribution in [2.75, 3.05) is 37.6 Å². The van der Waals surface area contributed by atoms with E-state index in [1.165, 1.54) is 4.90 Å². The fourth-order valence-corrected chi connectivity index (χ4v) is 4.91. The van der Waals surface area contributed by atoms with Gasteiger partial charge < -0.3 is 14.2 Å². The summed E-state index contributed by atoms with van der Waals surface area (Å²) in [6.45, 7) is 8.53. The molecule has 2 heterocycles. The summed E-state index contributed by atoms with van der Waals surface area (Å²) in [5.74, 6) is 0.677. The number of likely N-dealkylation sites (N-methyl/N-ethyl adjacent to an activating group) is 1. The summed E-state index contributed by atoms with van der Waals surface area (Å²) in [6, 6.07) is 16.3. The van der Waals surface area contributed by atoms with Crippen molar-refractivity contribution in [2.45, 2.75) is 23.8 Å². The molecule has 0 amide bonds. The molecule has 0 bridgehead atoms. The molecule has 29 heavy (non-hydrogen) atoms. The molecule has 0 aliphatic carbocycles. The van der Waals surface area contributed by atoms with Gasteiger partial charge in [-0.3, -0.25) is 0 Å². The van der Waals surface area contributed by atoms with Crippen molar-refractivity contribution in [3.8, 4) is 11.5 Å². The maximum Gasteiger partial charge on any atom is 0.236 e. The maximum atomic E-state index is 13.4. The Morgan fingerprint density at radius 3 is 2.31 bits per heavy atom. The van der Waals surface area contributed by atoms with Gasteiger partial charge in [-0.05, 0) is 38.1 Å². The lowest BCUT2D eigenvalue weighted by Crippen LogP contribution is -3.14. The number of piperazine rings is 1. The lowest BCUT2D eigenvalue weighted by atomic mass is 10.2. The molecule has 1 fully saturated rings. The zero-order chi connectivity index (χ0) is 20.4. The topological polar surface area (TPSA) is 67.8 Å². The number of benzene rings is 2. The van der Waals surface area contributed by atoms with Gasteiger partial charge in [0, 0.05) is 5.56 Å². The van der Waals surface area contributed by atoms with E-state index in [4.69, 9.17) is 4.42 Å². The van der Waals surface area contributed by atoms with E-state index in [9.17, 15) is 8.42 Å². The first kappa shape index (κ1) is 19.7. The smallest absolute Gasteiger partial charge is 0.236 e. The minimum absolute atomic E-state index is 0.000143. The minimum atomic E-state index is -3.80. The Kier molecular flexibility index (Phi) is 5.43. The number of nitrogens with zero attached hydrogens (tertiary/aromatic N) is 2. The highest BCUT2D eigenvalue weighted by Gasteiger charge is 2.33. The quantitative estimate of drug-likeness (QED) is 0.696. The van der Waals surface area contributed by atoms with E-state index in [0.717, 1.165) is 43.9 Å². The molecular weight excluding hydrogens is 386 g/mol. The van der Waals surface area contributed by atoms with Crippen molar-refractivity contribution in [3.63, 3.8) is 0 Å². The predicted molar refractivity (Wildman–Crippen MR) is 112 cm³/mol. The number of hydrogen-bond acceptors (Lipinski definition) is 5. The molecule has 1 aromatic heterocycles. The highest BCUT2D eigenvalue weighted by Crippen LogP contribution is 2.34. The van der Waals surface area contributed by atoms with Gasteiger partial charge in [0.25, 0.3) is 0 Å². The molecule has 0 atom stereocenters. The third-order valence-electron chi connectivity index (χ3n) is 5.44. The molecule has 0 radical (unpaired) electrons. The molecule has 0 saturated carbocycles.